The molecule has 0 spiro atoms. The molecule has 0 bridgehead atoms. The Bertz CT molecular complexity index is 108. The molecule has 2 nitrogen and oxygen atoms in total. The maximum absolute atomic E-state index is 11.0. The van der Waals surface area contributed by atoms with Gasteiger partial charge in [0, 0.05) is 5.75 Å². The first-order valence-electron chi connectivity index (χ1n) is 3.30. The largest absolute Gasteiger partial charge is 0.330 e. The molecule has 0 aliphatic carbocycles. The molecule has 0 radical (unpaired) electrons. The molecule has 0 aliphatic rings. The van der Waals surface area contributed by atoms with Gasteiger partial charge in [-0.15, -0.1) is 9.93 Å². The lowest BCUT2D eigenvalue weighted by molar-refractivity contribution is 0.673. The van der Waals surface area contributed by atoms with E-state index in [1.807, 2.05) is 12.5 Å². The topological polar surface area (TPSA) is 43.1 Å². The third kappa shape index (κ3) is 8.11. The number of hydrogen-bond acceptors (Lipinski definition) is 2. The molecule has 0 aromatic rings. The van der Waals surface area contributed by atoms with E-state index in [1.165, 1.54) is 0 Å². The van der Waals surface area contributed by atoms with Crippen molar-refractivity contribution >= 4 is 9.93 Å². The van der Waals surface area contributed by atoms with Crippen LogP contribution in [0.4, 0.5) is 0 Å². The van der Waals surface area contributed by atoms with Gasteiger partial charge in [0.15, 0.2) is 0 Å². The quantitative estimate of drug-likeness (QED) is 0.439. The summed E-state index contributed by atoms with van der Waals surface area (Å²) in [5.74, 6) is 0.851. The molecule has 0 aromatic carbocycles. The van der Waals surface area contributed by atoms with Gasteiger partial charge in [0.1, 0.15) is 0 Å². The van der Waals surface area contributed by atoms with Crippen molar-refractivity contribution in [2.75, 3.05) is 24.8 Å². The molecule has 0 saturated heterocycles. The highest BCUT2D eigenvalue weighted by atomic mass is 32.2. The second-order valence-corrected chi connectivity index (χ2v) is 6.39. The Balaban J connectivity index is 3.18. The Hall–Kier alpha value is 0.110. The first kappa shape index (κ1) is 9.11. The highest BCUT2D eigenvalue weighted by Gasteiger charge is 1.97. The van der Waals surface area contributed by atoms with E-state index in [-0.39, 0.29) is 0 Å². The SMILES string of the molecule is C[SH](C)(=O)CCCCN. The number of unbranched alkanes of at least 4 members (excludes halogenated alkanes) is 1. The van der Waals surface area contributed by atoms with Crippen LogP contribution in [0.5, 0.6) is 0 Å². The van der Waals surface area contributed by atoms with Crippen LogP contribution in [-0.4, -0.2) is 29.0 Å². The maximum Gasteiger partial charge on any atom is 0.000814 e. The summed E-state index contributed by atoms with van der Waals surface area (Å²) in [6, 6.07) is 0. The van der Waals surface area contributed by atoms with Crippen molar-refractivity contribution in [1.29, 1.82) is 0 Å². The predicted molar refractivity (Wildman–Crippen MR) is 44.5 cm³/mol. The van der Waals surface area contributed by atoms with Crippen molar-refractivity contribution in [1.82, 2.24) is 0 Å². The molecule has 0 amide bonds. The Morgan fingerprint density at radius 1 is 1.33 bits per heavy atom. The molecule has 9 heavy (non-hydrogen) atoms. The fourth-order valence-corrected chi connectivity index (χ4v) is 1.62. The van der Waals surface area contributed by atoms with E-state index in [0.717, 1.165) is 25.1 Å². The molecular weight excluding hydrogens is 134 g/mol. The average molecular weight is 151 g/mol. The number of thiol groups is 1. The zero-order valence-electron chi connectivity index (χ0n) is 6.26. The van der Waals surface area contributed by atoms with Gasteiger partial charge < -0.3 is 5.73 Å². The van der Waals surface area contributed by atoms with Crippen molar-refractivity contribution in [2.24, 2.45) is 5.73 Å². The third-order valence-corrected chi connectivity index (χ3v) is 2.54. The number of rotatable bonds is 4. The molecule has 0 aliphatic heterocycles. The molecule has 0 atom stereocenters. The minimum atomic E-state index is -1.75. The predicted octanol–water partition coefficient (Wildman–Crippen LogP) is 0.00160. The molecule has 0 aromatic heterocycles. The first-order chi connectivity index (χ1) is 4.06. The van der Waals surface area contributed by atoms with Crippen molar-refractivity contribution < 1.29 is 4.21 Å². The van der Waals surface area contributed by atoms with Crippen LogP contribution in [0.3, 0.4) is 0 Å². The van der Waals surface area contributed by atoms with Crippen molar-refractivity contribution in [3.8, 4) is 0 Å². The Morgan fingerprint density at radius 2 is 1.89 bits per heavy atom. The Kier molecular flexibility index (Phi) is 4.06. The molecule has 0 saturated carbocycles. The summed E-state index contributed by atoms with van der Waals surface area (Å²) in [7, 11) is -1.75. The molecule has 0 fully saturated rings. The number of nitrogens with two attached hydrogens (primary N) is 1. The smallest absolute Gasteiger partial charge is 0.000814 e. The third-order valence-electron chi connectivity index (χ3n) is 1.15. The van der Waals surface area contributed by atoms with Crippen molar-refractivity contribution in [3.63, 3.8) is 0 Å². The highest BCUT2D eigenvalue weighted by molar-refractivity contribution is 8.01. The summed E-state index contributed by atoms with van der Waals surface area (Å²) in [6.45, 7) is 0.722. The van der Waals surface area contributed by atoms with Crippen LogP contribution in [0.2, 0.25) is 0 Å². The monoisotopic (exact) mass is 151 g/mol. The summed E-state index contributed by atoms with van der Waals surface area (Å²) in [4.78, 5) is 0. The highest BCUT2D eigenvalue weighted by Crippen LogP contribution is 1.97. The minimum Gasteiger partial charge on any atom is -0.330 e. The van der Waals surface area contributed by atoms with Gasteiger partial charge in [-0.1, -0.05) is 0 Å². The first-order valence-corrected chi connectivity index (χ1v) is 6.09. The van der Waals surface area contributed by atoms with E-state index >= 15 is 0 Å². The summed E-state index contributed by atoms with van der Waals surface area (Å²) < 4.78 is 11.0. The molecule has 3 heteroatoms. The average Bonchev–Trinajstić information content (AvgIpc) is 1.63. The Morgan fingerprint density at radius 3 is 2.22 bits per heavy atom. The van der Waals surface area contributed by atoms with Crippen LogP contribution in [0, 0.1) is 0 Å². The Labute approximate surface area is 58.2 Å². The molecule has 0 heterocycles. The van der Waals surface area contributed by atoms with Gasteiger partial charge in [0.2, 0.25) is 0 Å². The van der Waals surface area contributed by atoms with E-state index < -0.39 is 9.93 Å². The van der Waals surface area contributed by atoms with Gasteiger partial charge in [-0.25, -0.2) is 0 Å². The van der Waals surface area contributed by atoms with Crippen LogP contribution in [0.1, 0.15) is 12.8 Å². The summed E-state index contributed by atoms with van der Waals surface area (Å²) in [5.41, 5.74) is 5.27. The van der Waals surface area contributed by atoms with Gasteiger partial charge in [0.05, 0.1) is 0 Å². The zero-order chi connectivity index (χ0) is 7.33. The lowest BCUT2D eigenvalue weighted by Gasteiger charge is -2.09. The summed E-state index contributed by atoms with van der Waals surface area (Å²) >= 11 is 0. The van der Waals surface area contributed by atoms with Gasteiger partial charge >= 0.3 is 0 Å². The van der Waals surface area contributed by atoms with Crippen LogP contribution < -0.4 is 5.73 Å². The van der Waals surface area contributed by atoms with E-state index in [9.17, 15) is 4.21 Å². The van der Waals surface area contributed by atoms with Gasteiger partial charge in [-0.3, -0.25) is 4.21 Å². The normalized spacial score (nSPS) is 13.7. The van der Waals surface area contributed by atoms with Gasteiger partial charge in [0.25, 0.3) is 0 Å². The second-order valence-electron chi connectivity index (χ2n) is 2.79. The van der Waals surface area contributed by atoms with Gasteiger partial charge in [-0.05, 0) is 31.9 Å². The van der Waals surface area contributed by atoms with E-state index in [1.54, 1.807) is 0 Å². The van der Waals surface area contributed by atoms with Gasteiger partial charge in [-0.2, -0.15) is 0 Å². The van der Waals surface area contributed by atoms with Crippen LogP contribution >= 0.6 is 0 Å². The van der Waals surface area contributed by atoms with E-state index in [0.29, 0.717) is 0 Å². The molecule has 0 unspecified atom stereocenters. The minimum absolute atomic E-state index is 0.722. The number of hydrogen-bond donors (Lipinski definition) is 2. The second kappa shape index (κ2) is 4.01. The molecular formula is C6H17NOS. The lowest BCUT2D eigenvalue weighted by Crippen LogP contribution is -2.12. The van der Waals surface area contributed by atoms with E-state index in [2.05, 4.69) is 0 Å². The van der Waals surface area contributed by atoms with Crippen LogP contribution in [-0.2, 0) is 9.93 Å². The van der Waals surface area contributed by atoms with Crippen molar-refractivity contribution in [3.05, 3.63) is 0 Å². The van der Waals surface area contributed by atoms with Crippen LogP contribution in [0.15, 0.2) is 0 Å². The molecule has 58 valence electrons. The summed E-state index contributed by atoms with van der Waals surface area (Å²) in [6.07, 6.45) is 5.67. The molecule has 0 rings (SSSR count). The zero-order valence-corrected chi connectivity index (χ0v) is 7.16. The fraction of sp³-hybridized carbons (Fsp3) is 1.00. The fourth-order valence-electron chi connectivity index (χ4n) is 0.637. The van der Waals surface area contributed by atoms with Crippen molar-refractivity contribution in [2.45, 2.75) is 12.8 Å². The maximum atomic E-state index is 11.0. The lowest BCUT2D eigenvalue weighted by atomic mass is 10.3. The van der Waals surface area contributed by atoms with E-state index in [4.69, 9.17) is 5.73 Å². The molecule has 2 N–H and O–H groups in total. The summed E-state index contributed by atoms with van der Waals surface area (Å²) in [5, 5.41) is 0. The standard InChI is InChI=1S/C6H17NOS/c1-9(2,8)6-4-3-5-7/h9H,3-7H2,1-2H3. The van der Waals surface area contributed by atoms with Crippen LogP contribution in [0.25, 0.3) is 0 Å².